The Kier molecular flexibility index (Phi) is 4.60. The van der Waals surface area contributed by atoms with Crippen molar-refractivity contribution in [3.05, 3.63) is 59.4 Å². The number of pyridine rings is 1. The van der Waals surface area contributed by atoms with Gasteiger partial charge in [-0.25, -0.2) is 0 Å². The summed E-state index contributed by atoms with van der Waals surface area (Å²) in [4.78, 5) is 20.8. The van der Waals surface area contributed by atoms with E-state index in [0.29, 0.717) is 6.42 Å². The van der Waals surface area contributed by atoms with E-state index in [-0.39, 0.29) is 5.91 Å². The Bertz CT molecular complexity index is 676. The largest absolute Gasteiger partial charge is 0.368 e. The SMILES string of the molecule is Cc1ccc(C)c(N2CCN(C(=O)Cc3ccncc3)CC2)c1. The van der Waals surface area contributed by atoms with Crippen molar-refractivity contribution in [3.8, 4) is 0 Å². The third kappa shape index (κ3) is 3.70. The van der Waals surface area contributed by atoms with Crippen molar-refractivity contribution >= 4 is 11.6 Å². The lowest BCUT2D eigenvalue weighted by Gasteiger charge is -2.37. The number of hydrogen-bond donors (Lipinski definition) is 0. The molecule has 1 aromatic carbocycles. The highest BCUT2D eigenvalue weighted by Gasteiger charge is 2.22. The van der Waals surface area contributed by atoms with Crippen molar-refractivity contribution in [2.45, 2.75) is 20.3 Å². The average Bonchev–Trinajstić information content (AvgIpc) is 2.58. The third-order valence-electron chi connectivity index (χ3n) is 4.44. The fourth-order valence-corrected chi connectivity index (χ4v) is 3.04. The lowest BCUT2D eigenvalue weighted by molar-refractivity contribution is -0.130. The molecule has 0 spiro atoms. The highest BCUT2D eigenvalue weighted by atomic mass is 16.2. The van der Waals surface area contributed by atoms with Crippen LogP contribution in [0.5, 0.6) is 0 Å². The van der Waals surface area contributed by atoms with Crippen LogP contribution in [0, 0.1) is 13.8 Å². The predicted molar refractivity (Wildman–Crippen MR) is 92.7 cm³/mol. The van der Waals surface area contributed by atoms with Gasteiger partial charge in [0.05, 0.1) is 6.42 Å². The van der Waals surface area contributed by atoms with Crippen LogP contribution in [-0.4, -0.2) is 42.0 Å². The number of nitrogens with zero attached hydrogens (tertiary/aromatic N) is 3. The molecule has 1 fully saturated rings. The third-order valence-corrected chi connectivity index (χ3v) is 4.44. The van der Waals surface area contributed by atoms with Gasteiger partial charge < -0.3 is 9.80 Å². The first kappa shape index (κ1) is 15.5. The van der Waals surface area contributed by atoms with Crippen molar-refractivity contribution in [2.24, 2.45) is 0 Å². The molecular formula is C19H23N3O. The van der Waals surface area contributed by atoms with Crippen LogP contribution in [0.1, 0.15) is 16.7 Å². The lowest BCUT2D eigenvalue weighted by atomic mass is 10.1. The number of hydrogen-bond acceptors (Lipinski definition) is 3. The Morgan fingerprint density at radius 3 is 2.43 bits per heavy atom. The molecule has 120 valence electrons. The van der Waals surface area contributed by atoms with Crippen LogP contribution < -0.4 is 4.90 Å². The number of anilines is 1. The number of carbonyl (C=O) groups is 1. The zero-order valence-corrected chi connectivity index (χ0v) is 13.8. The lowest BCUT2D eigenvalue weighted by Crippen LogP contribution is -2.49. The number of aryl methyl sites for hydroxylation is 2. The Morgan fingerprint density at radius 2 is 1.74 bits per heavy atom. The second-order valence-corrected chi connectivity index (χ2v) is 6.19. The van der Waals surface area contributed by atoms with Crippen LogP contribution in [-0.2, 0) is 11.2 Å². The van der Waals surface area contributed by atoms with E-state index in [1.165, 1.54) is 16.8 Å². The van der Waals surface area contributed by atoms with E-state index in [1.54, 1.807) is 12.4 Å². The van der Waals surface area contributed by atoms with Crippen LogP contribution in [0.15, 0.2) is 42.7 Å². The molecule has 2 heterocycles. The maximum atomic E-state index is 12.4. The van der Waals surface area contributed by atoms with E-state index >= 15 is 0 Å². The summed E-state index contributed by atoms with van der Waals surface area (Å²) < 4.78 is 0. The summed E-state index contributed by atoms with van der Waals surface area (Å²) in [5, 5.41) is 0. The first-order valence-electron chi connectivity index (χ1n) is 8.12. The first-order chi connectivity index (χ1) is 11.1. The van der Waals surface area contributed by atoms with Crippen molar-refractivity contribution < 1.29 is 4.79 Å². The molecule has 0 aliphatic carbocycles. The molecule has 4 heteroatoms. The minimum atomic E-state index is 0.205. The Balaban J connectivity index is 1.60. The summed E-state index contributed by atoms with van der Waals surface area (Å²) >= 11 is 0. The van der Waals surface area contributed by atoms with Crippen LogP contribution in [0.3, 0.4) is 0 Å². The molecule has 1 aliphatic rings. The number of benzene rings is 1. The van der Waals surface area contributed by atoms with Crippen LogP contribution >= 0.6 is 0 Å². The minimum absolute atomic E-state index is 0.205. The molecule has 4 nitrogen and oxygen atoms in total. The fourth-order valence-electron chi connectivity index (χ4n) is 3.04. The molecule has 0 N–H and O–H groups in total. The summed E-state index contributed by atoms with van der Waals surface area (Å²) in [7, 11) is 0. The normalized spacial score (nSPS) is 14.9. The number of piperazine rings is 1. The van der Waals surface area contributed by atoms with E-state index in [4.69, 9.17) is 0 Å². The Morgan fingerprint density at radius 1 is 1.04 bits per heavy atom. The Labute approximate surface area is 137 Å². The van der Waals surface area contributed by atoms with Gasteiger partial charge in [0.2, 0.25) is 5.91 Å². The van der Waals surface area contributed by atoms with Gasteiger partial charge in [-0.2, -0.15) is 0 Å². The maximum absolute atomic E-state index is 12.4. The van der Waals surface area contributed by atoms with Crippen molar-refractivity contribution in [1.29, 1.82) is 0 Å². The molecule has 1 amide bonds. The molecule has 1 saturated heterocycles. The van der Waals surface area contributed by atoms with Gasteiger partial charge in [-0.3, -0.25) is 9.78 Å². The summed E-state index contributed by atoms with van der Waals surface area (Å²) in [5.74, 6) is 0.205. The van der Waals surface area contributed by atoms with Gasteiger partial charge >= 0.3 is 0 Å². The molecule has 0 unspecified atom stereocenters. The second kappa shape index (κ2) is 6.82. The van der Waals surface area contributed by atoms with Gasteiger partial charge in [0.1, 0.15) is 0 Å². The van der Waals surface area contributed by atoms with Gasteiger partial charge in [-0.1, -0.05) is 12.1 Å². The standard InChI is InChI=1S/C19H23N3O/c1-15-3-4-16(2)18(13-15)21-9-11-22(12-10-21)19(23)14-17-5-7-20-8-6-17/h3-8,13H,9-12,14H2,1-2H3. The summed E-state index contributed by atoms with van der Waals surface area (Å²) in [6, 6.07) is 10.4. The number of aromatic nitrogens is 1. The van der Waals surface area contributed by atoms with Crippen LogP contribution in [0.25, 0.3) is 0 Å². The van der Waals surface area contributed by atoms with E-state index in [0.717, 1.165) is 31.7 Å². The van der Waals surface area contributed by atoms with Crippen molar-refractivity contribution in [1.82, 2.24) is 9.88 Å². The number of amides is 1. The maximum Gasteiger partial charge on any atom is 0.227 e. The van der Waals surface area contributed by atoms with Crippen molar-refractivity contribution in [3.63, 3.8) is 0 Å². The van der Waals surface area contributed by atoms with Gasteiger partial charge in [0.25, 0.3) is 0 Å². The van der Waals surface area contributed by atoms with Gasteiger partial charge in [0.15, 0.2) is 0 Å². The quantitative estimate of drug-likeness (QED) is 0.874. The topological polar surface area (TPSA) is 36.4 Å². The predicted octanol–water partition coefficient (Wildman–Crippen LogP) is 2.59. The number of rotatable bonds is 3. The number of carbonyl (C=O) groups excluding carboxylic acids is 1. The fraction of sp³-hybridized carbons (Fsp3) is 0.368. The molecule has 0 atom stereocenters. The van der Waals surface area contributed by atoms with Crippen molar-refractivity contribution in [2.75, 3.05) is 31.1 Å². The van der Waals surface area contributed by atoms with Crippen LogP contribution in [0.4, 0.5) is 5.69 Å². The smallest absolute Gasteiger partial charge is 0.227 e. The van der Waals surface area contributed by atoms with Crippen LogP contribution in [0.2, 0.25) is 0 Å². The van der Waals surface area contributed by atoms with E-state index < -0.39 is 0 Å². The molecule has 3 rings (SSSR count). The molecular weight excluding hydrogens is 286 g/mol. The molecule has 1 aliphatic heterocycles. The zero-order chi connectivity index (χ0) is 16.2. The van der Waals surface area contributed by atoms with E-state index in [9.17, 15) is 4.79 Å². The highest BCUT2D eigenvalue weighted by Crippen LogP contribution is 2.23. The average molecular weight is 309 g/mol. The minimum Gasteiger partial charge on any atom is -0.368 e. The van der Waals surface area contributed by atoms with Gasteiger partial charge in [-0.15, -0.1) is 0 Å². The molecule has 1 aromatic heterocycles. The monoisotopic (exact) mass is 309 g/mol. The second-order valence-electron chi connectivity index (χ2n) is 6.19. The van der Waals surface area contributed by atoms with Gasteiger partial charge in [0, 0.05) is 44.3 Å². The van der Waals surface area contributed by atoms with E-state index in [1.807, 2.05) is 17.0 Å². The molecule has 0 saturated carbocycles. The zero-order valence-electron chi connectivity index (χ0n) is 13.8. The first-order valence-corrected chi connectivity index (χ1v) is 8.12. The molecule has 0 radical (unpaired) electrons. The summed E-state index contributed by atoms with van der Waals surface area (Å²) in [6.45, 7) is 7.64. The molecule has 2 aromatic rings. The van der Waals surface area contributed by atoms with E-state index in [2.05, 4.69) is 41.9 Å². The highest BCUT2D eigenvalue weighted by molar-refractivity contribution is 5.79. The summed E-state index contributed by atoms with van der Waals surface area (Å²) in [5.41, 5.74) is 4.90. The Hall–Kier alpha value is -2.36. The summed E-state index contributed by atoms with van der Waals surface area (Å²) in [6.07, 6.45) is 3.94. The molecule has 23 heavy (non-hydrogen) atoms. The molecule has 0 bridgehead atoms. The van der Waals surface area contributed by atoms with Gasteiger partial charge in [-0.05, 0) is 48.7 Å².